The van der Waals surface area contributed by atoms with Crippen LogP contribution >= 0.6 is 0 Å². The number of hydrogen-bond acceptors (Lipinski definition) is 5. The van der Waals surface area contributed by atoms with Crippen molar-refractivity contribution in [2.24, 2.45) is 5.92 Å². The van der Waals surface area contributed by atoms with Gasteiger partial charge in [0.1, 0.15) is 0 Å². The molecule has 0 saturated heterocycles. The Morgan fingerprint density at radius 1 is 1.31 bits per heavy atom. The highest BCUT2D eigenvalue weighted by atomic mass is 16.6. The molecule has 0 spiro atoms. The predicted octanol–water partition coefficient (Wildman–Crippen LogP) is 1.98. The molecular weight excluding hydrogens is 206 g/mol. The van der Waals surface area contributed by atoms with Crippen LogP contribution in [0.25, 0.3) is 11.0 Å². The Balaban J connectivity index is 1.79. The number of ether oxygens (including phenoxy) is 1. The van der Waals surface area contributed by atoms with E-state index in [1.807, 2.05) is 6.07 Å². The maximum Gasteiger partial charge on any atom is 0.179 e. The highest BCUT2D eigenvalue weighted by Gasteiger charge is 2.21. The predicted molar refractivity (Wildman–Crippen MR) is 59.1 cm³/mol. The van der Waals surface area contributed by atoms with Crippen molar-refractivity contribution in [1.29, 1.82) is 0 Å². The maximum absolute atomic E-state index is 5.74. The SMILES string of the molecule is Nc1ccc(OCCC2CC2)c2nonc12. The molecule has 84 valence electrons. The lowest BCUT2D eigenvalue weighted by Gasteiger charge is -2.05. The molecule has 1 aliphatic carbocycles. The van der Waals surface area contributed by atoms with Crippen molar-refractivity contribution < 1.29 is 9.37 Å². The molecule has 1 aromatic heterocycles. The lowest BCUT2D eigenvalue weighted by Crippen LogP contribution is -1.99. The summed E-state index contributed by atoms with van der Waals surface area (Å²) in [6.07, 6.45) is 3.79. The first kappa shape index (κ1) is 9.45. The normalized spacial score (nSPS) is 15.5. The van der Waals surface area contributed by atoms with E-state index in [-0.39, 0.29) is 0 Å². The van der Waals surface area contributed by atoms with E-state index in [0.29, 0.717) is 22.5 Å². The lowest BCUT2D eigenvalue weighted by molar-refractivity contribution is 0.297. The van der Waals surface area contributed by atoms with Gasteiger partial charge in [-0.1, -0.05) is 12.8 Å². The van der Waals surface area contributed by atoms with Crippen LogP contribution in [0.3, 0.4) is 0 Å². The fourth-order valence-electron chi connectivity index (χ4n) is 1.72. The van der Waals surface area contributed by atoms with Crippen LogP contribution in [-0.2, 0) is 0 Å². The minimum Gasteiger partial charge on any atom is -0.491 e. The maximum atomic E-state index is 5.74. The summed E-state index contributed by atoms with van der Waals surface area (Å²) >= 11 is 0. The van der Waals surface area contributed by atoms with E-state index < -0.39 is 0 Å². The van der Waals surface area contributed by atoms with E-state index in [2.05, 4.69) is 14.9 Å². The number of rotatable bonds is 4. The lowest BCUT2D eigenvalue weighted by atomic mass is 10.2. The summed E-state index contributed by atoms with van der Waals surface area (Å²) in [6, 6.07) is 3.58. The second-order valence-corrected chi connectivity index (χ2v) is 4.19. The third-order valence-corrected chi connectivity index (χ3v) is 2.89. The van der Waals surface area contributed by atoms with Gasteiger partial charge in [-0.05, 0) is 34.8 Å². The van der Waals surface area contributed by atoms with E-state index in [1.165, 1.54) is 12.8 Å². The summed E-state index contributed by atoms with van der Waals surface area (Å²) in [5.74, 6) is 1.56. The Labute approximate surface area is 92.5 Å². The van der Waals surface area contributed by atoms with Crippen LogP contribution in [-0.4, -0.2) is 16.9 Å². The quantitative estimate of drug-likeness (QED) is 0.796. The second kappa shape index (κ2) is 3.66. The van der Waals surface area contributed by atoms with Crippen LogP contribution in [0, 0.1) is 5.92 Å². The molecule has 1 heterocycles. The average Bonchev–Trinajstić information content (AvgIpc) is 2.95. The molecule has 0 bridgehead atoms. The van der Waals surface area contributed by atoms with Crippen molar-refractivity contribution in [2.45, 2.75) is 19.3 Å². The van der Waals surface area contributed by atoms with Crippen molar-refractivity contribution in [3.05, 3.63) is 12.1 Å². The zero-order chi connectivity index (χ0) is 11.0. The van der Waals surface area contributed by atoms with Gasteiger partial charge in [0.2, 0.25) is 0 Å². The van der Waals surface area contributed by atoms with E-state index >= 15 is 0 Å². The Kier molecular flexibility index (Phi) is 2.16. The van der Waals surface area contributed by atoms with Gasteiger partial charge in [0.25, 0.3) is 0 Å². The number of anilines is 1. The molecule has 16 heavy (non-hydrogen) atoms. The van der Waals surface area contributed by atoms with Gasteiger partial charge in [0.15, 0.2) is 16.8 Å². The third kappa shape index (κ3) is 1.68. The standard InChI is InChI=1S/C11H13N3O2/c12-8-3-4-9(11-10(8)13-16-14-11)15-6-5-7-1-2-7/h3-4,7H,1-2,5-6,12H2. The first-order valence-corrected chi connectivity index (χ1v) is 5.48. The van der Waals surface area contributed by atoms with Gasteiger partial charge in [0, 0.05) is 0 Å². The zero-order valence-corrected chi connectivity index (χ0v) is 8.85. The molecule has 2 aromatic rings. The number of nitrogen functional groups attached to an aromatic ring is 1. The van der Waals surface area contributed by atoms with Crippen LogP contribution in [0.1, 0.15) is 19.3 Å². The van der Waals surface area contributed by atoms with Crippen LogP contribution in [0.2, 0.25) is 0 Å². The Bertz CT molecular complexity index is 505. The zero-order valence-electron chi connectivity index (χ0n) is 8.85. The summed E-state index contributed by atoms with van der Waals surface area (Å²) in [4.78, 5) is 0. The second-order valence-electron chi connectivity index (χ2n) is 4.19. The van der Waals surface area contributed by atoms with Crippen molar-refractivity contribution in [2.75, 3.05) is 12.3 Å². The minimum atomic E-state index is 0.561. The molecule has 0 radical (unpaired) electrons. The molecule has 1 saturated carbocycles. The highest BCUT2D eigenvalue weighted by Crippen LogP contribution is 2.33. The summed E-state index contributed by atoms with van der Waals surface area (Å²) in [6.45, 7) is 0.719. The van der Waals surface area contributed by atoms with Crippen LogP contribution < -0.4 is 10.5 Å². The molecule has 0 unspecified atom stereocenters. The molecular formula is C11H13N3O2. The van der Waals surface area contributed by atoms with Crippen LogP contribution in [0.15, 0.2) is 16.8 Å². The number of fused-ring (bicyclic) bond motifs is 1. The number of benzene rings is 1. The summed E-state index contributed by atoms with van der Waals surface area (Å²) in [5.41, 5.74) is 7.48. The fraction of sp³-hybridized carbons (Fsp3) is 0.455. The molecule has 2 N–H and O–H groups in total. The van der Waals surface area contributed by atoms with E-state index in [9.17, 15) is 0 Å². The van der Waals surface area contributed by atoms with Gasteiger partial charge in [-0.2, -0.15) is 0 Å². The van der Waals surface area contributed by atoms with Crippen molar-refractivity contribution >= 4 is 16.7 Å². The van der Waals surface area contributed by atoms with Crippen LogP contribution in [0.5, 0.6) is 5.75 Å². The van der Waals surface area contributed by atoms with Gasteiger partial charge in [-0.25, -0.2) is 4.63 Å². The topological polar surface area (TPSA) is 74.2 Å². The molecule has 1 aliphatic rings. The molecule has 0 aliphatic heterocycles. The van der Waals surface area contributed by atoms with Crippen molar-refractivity contribution in [1.82, 2.24) is 10.3 Å². The van der Waals surface area contributed by atoms with E-state index in [1.54, 1.807) is 6.07 Å². The number of aromatic nitrogens is 2. The average molecular weight is 219 g/mol. The van der Waals surface area contributed by atoms with Gasteiger partial charge >= 0.3 is 0 Å². The monoisotopic (exact) mass is 219 g/mol. The Hall–Kier alpha value is -1.78. The molecule has 0 amide bonds. The molecule has 3 rings (SSSR count). The molecule has 1 aromatic carbocycles. The van der Waals surface area contributed by atoms with Crippen LogP contribution in [0.4, 0.5) is 5.69 Å². The molecule has 1 fully saturated rings. The van der Waals surface area contributed by atoms with Crippen molar-refractivity contribution in [3.63, 3.8) is 0 Å². The summed E-state index contributed by atoms with van der Waals surface area (Å²) in [5, 5.41) is 7.55. The van der Waals surface area contributed by atoms with Gasteiger partial charge in [0.05, 0.1) is 12.3 Å². The van der Waals surface area contributed by atoms with E-state index in [4.69, 9.17) is 10.5 Å². The Morgan fingerprint density at radius 3 is 2.94 bits per heavy atom. The number of nitrogens with two attached hydrogens (primary N) is 1. The van der Waals surface area contributed by atoms with Crippen molar-refractivity contribution in [3.8, 4) is 5.75 Å². The smallest absolute Gasteiger partial charge is 0.179 e. The van der Waals surface area contributed by atoms with Gasteiger partial charge in [-0.15, -0.1) is 0 Å². The first-order chi connectivity index (χ1) is 7.84. The highest BCUT2D eigenvalue weighted by molar-refractivity contribution is 5.90. The number of nitrogens with zero attached hydrogens (tertiary/aromatic N) is 2. The molecule has 0 atom stereocenters. The third-order valence-electron chi connectivity index (χ3n) is 2.89. The largest absolute Gasteiger partial charge is 0.491 e. The Morgan fingerprint density at radius 2 is 2.12 bits per heavy atom. The summed E-state index contributed by atoms with van der Waals surface area (Å²) < 4.78 is 10.3. The van der Waals surface area contributed by atoms with Gasteiger partial charge < -0.3 is 10.5 Å². The molecule has 5 heteroatoms. The minimum absolute atomic E-state index is 0.561. The summed E-state index contributed by atoms with van der Waals surface area (Å²) in [7, 11) is 0. The first-order valence-electron chi connectivity index (χ1n) is 5.48. The number of hydrogen-bond donors (Lipinski definition) is 1. The fourth-order valence-corrected chi connectivity index (χ4v) is 1.72. The van der Waals surface area contributed by atoms with E-state index in [0.717, 1.165) is 18.9 Å². The molecule has 5 nitrogen and oxygen atoms in total. The van der Waals surface area contributed by atoms with Gasteiger partial charge in [-0.3, -0.25) is 0 Å².